The van der Waals surface area contributed by atoms with Gasteiger partial charge in [-0.2, -0.15) is 0 Å². The van der Waals surface area contributed by atoms with E-state index >= 15 is 0 Å². The van der Waals surface area contributed by atoms with Crippen molar-refractivity contribution < 1.29 is 4.52 Å². The molecule has 0 saturated heterocycles. The monoisotopic (exact) mass is 203 g/mol. The maximum Gasteiger partial charge on any atom is 0.147 e. The molecule has 0 radical (unpaired) electrons. The van der Waals surface area contributed by atoms with Crippen molar-refractivity contribution in [3.63, 3.8) is 0 Å². The fraction of sp³-hybridized carbons (Fsp3) is 0.462. The van der Waals surface area contributed by atoms with Crippen LogP contribution >= 0.6 is 0 Å². The summed E-state index contributed by atoms with van der Waals surface area (Å²) in [6.07, 6.45) is 0. The van der Waals surface area contributed by atoms with E-state index in [1.54, 1.807) is 0 Å². The van der Waals surface area contributed by atoms with E-state index in [4.69, 9.17) is 4.52 Å². The molecule has 1 aromatic carbocycles. The number of benzene rings is 1. The molecule has 15 heavy (non-hydrogen) atoms. The maximum atomic E-state index is 5.36. The number of nitrogens with zero attached hydrogens (tertiary/aromatic N) is 1. The average Bonchev–Trinajstić information content (AvgIpc) is 2.59. The summed E-state index contributed by atoms with van der Waals surface area (Å²) in [5.41, 5.74) is 2.30. The smallest absolute Gasteiger partial charge is 0.147 e. The Labute approximate surface area is 90.3 Å². The van der Waals surface area contributed by atoms with Crippen molar-refractivity contribution in [1.82, 2.24) is 5.16 Å². The second-order valence-corrected chi connectivity index (χ2v) is 4.63. The third kappa shape index (κ3) is 1.76. The highest BCUT2D eigenvalue weighted by molar-refractivity contribution is 5.81. The van der Waals surface area contributed by atoms with Gasteiger partial charge in [-0.25, -0.2) is 0 Å². The Hall–Kier alpha value is -1.31. The summed E-state index contributed by atoms with van der Waals surface area (Å²) in [7, 11) is 0. The molecule has 0 N–H and O–H groups in total. The van der Waals surface area contributed by atoms with Gasteiger partial charge in [0.25, 0.3) is 0 Å². The summed E-state index contributed by atoms with van der Waals surface area (Å²) >= 11 is 0. The predicted molar refractivity (Wildman–Crippen MR) is 62.2 cm³/mol. The maximum absolute atomic E-state index is 5.36. The molecule has 0 spiro atoms. The molecule has 0 aliphatic carbocycles. The van der Waals surface area contributed by atoms with Gasteiger partial charge in [0.05, 0.1) is 0 Å². The van der Waals surface area contributed by atoms with E-state index in [1.807, 2.05) is 6.07 Å². The first-order valence-corrected chi connectivity index (χ1v) is 5.49. The molecule has 2 heteroatoms. The quantitative estimate of drug-likeness (QED) is 0.735. The minimum absolute atomic E-state index is 0.386. The molecule has 0 fully saturated rings. The normalized spacial score (nSPS) is 11.9. The number of hydrogen-bond acceptors (Lipinski definition) is 2. The minimum atomic E-state index is 0.386. The summed E-state index contributed by atoms with van der Waals surface area (Å²) in [5.74, 6) is 1.93. The largest absolute Gasteiger partial charge is 0.360 e. The molecule has 2 nitrogen and oxygen atoms in total. The Bertz CT molecular complexity index is 468. The number of hydrogen-bond donors (Lipinski definition) is 0. The Balaban J connectivity index is 2.61. The summed E-state index contributed by atoms with van der Waals surface area (Å²) in [6, 6.07) is 6.37. The van der Waals surface area contributed by atoms with Gasteiger partial charge < -0.3 is 4.52 Å². The molecule has 0 amide bonds. The third-order valence-electron chi connectivity index (χ3n) is 2.72. The van der Waals surface area contributed by atoms with Gasteiger partial charge in [0, 0.05) is 11.3 Å². The van der Waals surface area contributed by atoms with E-state index in [2.05, 4.69) is 45.0 Å². The number of fused-ring (bicyclic) bond motifs is 1. The van der Waals surface area contributed by atoms with Crippen LogP contribution in [0, 0.1) is 0 Å². The van der Waals surface area contributed by atoms with E-state index in [1.165, 1.54) is 5.56 Å². The molecular formula is C13H17NO. The van der Waals surface area contributed by atoms with Crippen LogP contribution in [-0.4, -0.2) is 5.16 Å². The summed E-state index contributed by atoms with van der Waals surface area (Å²) in [5, 5.41) is 5.23. The fourth-order valence-electron chi connectivity index (χ4n) is 1.75. The van der Waals surface area contributed by atoms with Crippen LogP contribution in [0.3, 0.4) is 0 Å². The number of rotatable bonds is 2. The Kier molecular flexibility index (Phi) is 2.51. The first-order chi connectivity index (χ1) is 7.09. The molecule has 0 saturated carbocycles. The van der Waals surface area contributed by atoms with Crippen LogP contribution in [0.25, 0.3) is 10.9 Å². The lowest BCUT2D eigenvalue weighted by molar-refractivity contribution is 0.378. The summed E-state index contributed by atoms with van der Waals surface area (Å²) < 4.78 is 5.36. The van der Waals surface area contributed by atoms with Gasteiger partial charge >= 0.3 is 0 Å². The van der Waals surface area contributed by atoms with Crippen molar-refractivity contribution in [2.75, 3.05) is 0 Å². The topological polar surface area (TPSA) is 26.0 Å². The highest BCUT2D eigenvalue weighted by Crippen LogP contribution is 2.28. The third-order valence-corrected chi connectivity index (χ3v) is 2.72. The fourth-order valence-corrected chi connectivity index (χ4v) is 1.75. The van der Waals surface area contributed by atoms with Gasteiger partial charge in [0.15, 0.2) is 0 Å². The second-order valence-electron chi connectivity index (χ2n) is 4.63. The van der Waals surface area contributed by atoms with Crippen molar-refractivity contribution in [3.8, 4) is 0 Å². The Morgan fingerprint density at radius 3 is 2.40 bits per heavy atom. The van der Waals surface area contributed by atoms with Crippen molar-refractivity contribution in [1.29, 1.82) is 0 Å². The lowest BCUT2D eigenvalue weighted by Gasteiger charge is -2.05. The highest BCUT2D eigenvalue weighted by Gasteiger charge is 2.12. The molecule has 2 aromatic rings. The van der Waals surface area contributed by atoms with Crippen LogP contribution < -0.4 is 0 Å². The molecular weight excluding hydrogens is 186 g/mol. The zero-order valence-corrected chi connectivity index (χ0v) is 9.74. The Morgan fingerprint density at radius 1 is 1.07 bits per heavy atom. The van der Waals surface area contributed by atoms with E-state index in [9.17, 15) is 0 Å². The van der Waals surface area contributed by atoms with Crippen molar-refractivity contribution in [2.45, 2.75) is 39.5 Å². The molecule has 2 rings (SSSR count). The Morgan fingerprint density at radius 2 is 1.80 bits per heavy atom. The molecule has 80 valence electrons. The second kappa shape index (κ2) is 3.69. The van der Waals surface area contributed by atoms with Gasteiger partial charge in [-0.3, -0.25) is 0 Å². The van der Waals surface area contributed by atoms with Crippen LogP contribution in [0.1, 0.15) is 50.9 Å². The molecule has 1 aromatic heterocycles. The molecule has 1 heterocycles. The predicted octanol–water partition coefficient (Wildman–Crippen LogP) is 4.07. The van der Waals surface area contributed by atoms with Crippen LogP contribution in [0.15, 0.2) is 22.7 Å². The molecule has 0 bridgehead atoms. The van der Waals surface area contributed by atoms with Gasteiger partial charge in [-0.15, -0.1) is 0 Å². The molecule has 0 unspecified atom stereocenters. The van der Waals surface area contributed by atoms with Crippen molar-refractivity contribution >= 4 is 10.9 Å². The van der Waals surface area contributed by atoms with Crippen LogP contribution in [0.5, 0.6) is 0 Å². The van der Waals surface area contributed by atoms with Gasteiger partial charge in [-0.1, -0.05) is 38.9 Å². The molecule has 0 aliphatic rings. The molecule has 0 aliphatic heterocycles. The van der Waals surface area contributed by atoms with Crippen LogP contribution in [-0.2, 0) is 0 Å². The van der Waals surface area contributed by atoms with Crippen molar-refractivity contribution in [2.24, 2.45) is 0 Å². The van der Waals surface area contributed by atoms with E-state index < -0.39 is 0 Å². The highest BCUT2D eigenvalue weighted by atomic mass is 16.5. The van der Waals surface area contributed by atoms with Gasteiger partial charge in [0.1, 0.15) is 11.3 Å². The van der Waals surface area contributed by atoms with Crippen molar-refractivity contribution in [3.05, 3.63) is 29.5 Å². The first kappa shape index (κ1) is 10.2. The lowest BCUT2D eigenvalue weighted by atomic mass is 9.99. The van der Waals surface area contributed by atoms with Gasteiger partial charge in [-0.05, 0) is 23.6 Å². The first-order valence-electron chi connectivity index (χ1n) is 5.49. The summed E-state index contributed by atoms with van der Waals surface area (Å²) in [4.78, 5) is 0. The van der Waals surface area contributed by atoms with Crippen LogP contribution in [0.2, 0.25) is 0 Å². The minimum Gasteiger partial charge on any atom is -0.360 e. The zero-order valence-electron chi connectivity index (χ0n) is 9.74. The molecule has 0 atom stereocenters. The zero-order chi connectivity index (χ0) is 11.0. The van der Waals surface area contributed by atoms with E-state index in [0.29, 0.717) is 11.8 Å². The number of aromatic nitrogens is 1. The lowest BCUT2D eigenvalue weighted by Crippen LogP contribution is -1.88. The van der Waals surface area contributed by atoms with Crippen LogP contribution in [0.4, 0.5) is 0 Å². The van der Waals surface area contributed by atoms with E-state index in [0.717, 1.165) is 16.7 Å². The van der Waals surface area contributed by atoms with Gasteiger partial charge in [0.2, 0.25) is 0 Å². The van der Waals surface area contributed by atoms with E-state index in [-0.39, 0.29) is 0 Å². The summed E-state index contributed by atoms with van der Waals surface area (Å²) in [6.45, 7) is 8.65. The SMILES string of the molecule is CC(C)c1ccc2noc(C(C)C)c2c1. The average molecular weight is 203 g/mol. The standard InChI is InChI=1S/C13H17NO/c1-8(2)10-5-6-12-11(7-10)13(9(3)4)15-14-12/h5-9H,1-4H3.